The molecule has 82 valence electrons. The molecule has 0 bridgehead atoms. The molecule has 1 saturated heterocycles. The standard InChI is InChI=1S/C8H11F3O3/c1-4-3-5(6(12)13)14-7(4,2)8(9,10)11/h4-5H,3H2,1-2H3,(H,12,13)/t4-,5?,7+/m0/s1. The van der Waals surface area contributed by atoms with Gasteiger partial charge in [-0.15, -0.1) is 0 Å². The third kappa shape index (κ3) is 1.58. The first kappa shape index (κ1) is 11.3. The molecule has 0 radical (unpaired) electrons. The molecule has 1 N–H and O–H groups in total. The van der Waals surface area contributed by atoms with Crippen molar-refractivity contribution in [1.29, 1.82) is 0 Å². The summed E-state index contributed by atoms with van der Waals surface area (Å²) in [6.45, 7) is 2.23. The van der Waals surface area contributed by atoms with E-state index < -0.39 is 29.8 Å². The van der Waals surface area contributed by atoms with Crippen LogP contribution in [0.4, 0.5) is 13.2 Å². The predicted octanol–water partition coefficient (Wildman–Crippen LogP) is 1.82. The van der Waals surface area contributed by atoms with Crippen LogP contribution < -0.4 is 0 Å². The van der Waals surface area contributed by atoms with Gasteiger partial charge in [0.05, 0.1) is 0 Å². The number of carboxylic acids is 1. The van der Waals surface area contributed by atoms with E-state index in [1.165, 1.54) is 6.92 Å². The minimum Gasteiger partial charge on any atom is -0.479 e. The van der Waals surface area contributed by atoms with Crippen LogP contribution in [0.15, 0.2) is 0 Å². The van der Waals surface area contributed by atoms with E-state index in [4.69, 9.17) is 5.11 Å². The molecule has 14 heavy (non-hydrogen) atoms. The molecule has 0 aromatic heterocycles. The zero-order valence-electron chi connectivity index (χ0n) is 7.76. The number of aliphatic carboxylic acids is 1. The molecule has 0 aliphatic carbocycles. The maximum atomic E-state index is 12.5. The van der Waals surface area contributed by atoms with Crippen molar-refractivity contribution in [3.63, 3.8) is 0 Å². The minimum absolute atomic E-state index is 0.106. The zero-order valence-corrected chi connectivity index (χ0v) is 7.76. The summed E-state index contributed by atoms with van der Waals surface area (Å²) in [5.74, 6) is -2.19. The van der Waals surface area contributed by atoms with Gasteiger partial charge in [0.25, 0.3) is 0 Å². The Morgan fingerprint density at radius 1 is 1.57 bits per heavy atom. The molecule has 1 heterocycles. The second-order valence-corrected chi connectivity index (χ2v) is 3.69. The van der Waals surface area contributed by atoms with Gasteiger partial charge in [-0.25, -0.2) is 4.79 Å². The topological polar surface area (TPSA) is 46.5 Å². The second-order valence-electron chi connectivity index (χ2n) is 3.69. The second kappa shape index (κ2) is 3.12. The van der Waals surface area contributed by atoms with Crippen LogP contribution in [0.3, 0.4) is 0 Å². The fourth-order valence-corrected chi connectivity index (χ4v) is 1.50. The highest BCUT2D eigenvalue weighted by Crippen LogP contribution is 2.46. The van der Waals surface area contributed by atoms with Gasteiger partial charge in [0, 0.05) is 0 Å². The van der Waals surface area contributed by atoms with Crippen LogP contribution in [0.25, 0.3) is 0 Å². The van der Waals surface area contributed by atoms with Crippen molar-refractivity contribution in [2.24, 2.45) is 5.92 Å². The summed E-state index contributed by atoms with van der Waals surface area (Å²) < 4.78 is 42.1. The van der Waals surface area contributed by atoms with Crippen molar-refractivity contribution < 1.29 is 27.8 Å². The van der Waals surface area contributed by atoms with Crippen molar-refractivity contribution in [3.8, 4) is 0 Å². The molecule has 3 nitrogen and oxygen atoms in total. The summed E-state index contributed by atoms with van der Waals surface area (Å²) in [4.78, 5) is 10.5. The Labute approximate surface area is 78.9 Å². The molecule has 0 spiro atoms. The Balaban J connectivity index is 2.88. The largest absolute Gasteiger partial charge is 0.479 e. The van der Waals surface area contributed by atoms with E-state index in [1.807, 2.05) is 0 Å². The van der Waals surface area contributed by atoms with Crippen LogP contribution in [-0.4, -0.2) is 29.0 Å². The summed E-state index contributed by atoms with van der Waals surface area (Å²) >= 11 is 0. The number of ether oxygens (including phenoxy) is 1. The monoisotopic (exact) mass is 212 g/mol. The third-order valence-corrected chi connectivity index (χ3v) is 2.73. The van der Waals surface area contributed by atoms with Crippen molar-refractivity contribution >= 4 is 5.97 Å². The molecular weight excluding hydrogens is 201 g/mol. The molecule has 0 aromatic rings. The molecule has 0 saturated carbocycles. The predicted molar refractivity (Wildman–Crippen MR) is 40.7 cm³/mol. The van der Waals surface area contributed by atoms with Gasteiger partial charge in [0.15, 0.2) is 11.7 Å². The Kier molecular flexibility index (Phi) is 2.51. The average Bonchev–Trinajstić information content (AvgIpc) is 2.28. The number of hydrogen-bond donors (Lipinski definition) is 1. The maximum Gasteiger partial charge on any atom is 0.417 e. The number of carbonyl (C=O) groups is 1. The van der Waals surface area contributed by atoms with Gasteiger partial charge in [-0.3, -0.25) is 0 Å². The lowest BCUT2D eigenvalue weighted by atomic mass is 9.89. The van der Waals surface area contributed by atoms with Crippen LogP contribution in [0.2, 0.25) is 0 Å². The number of hydrogen-bond acceptors (Lipinski definition) is 2. The van der Waals surface area contributed by atoms with Gasteiger partial charge in [-0.05, 0) is 19.3 Å². The van der Waals surface area contributed by atoms with Gasteiger partial charge in [0.2, 0.25) is 0 Å². The van der Waals surface area contributed by atoms with Gasteiger partial charge in [-0.2, -0.15) is 13.2 Å². The van der Waals surface area contributed by atoms with Crippen LogP contribution in [-0.2, 0) is 9.53 Å². The highest BCUT2D eigenvalue weighted by atomic mass is 19.4. The molecule has 1 rings (SSSR count). The van der Waals surface area contributed by atoms with E-state index in [2.05, 4.69) is 4.74 Å². The minimum atomic E-state index is -4.53. The number of alkyl halides is 3. The maximum absolute atomic E-state index is 12.5. The van der Waals surface area contributed by atoms with E-state index in [0.29, 0.717) is 0 Å². The first-order valence-electron chi connectivity index (χ1n) is 4.16. The lowest BCUT2D eigenvalue weighted by Gasteiger charge is -2.30. The lowest BCUT2D eigenvalue weighted by Crippen LogP contribution is -2.46. The van der Waals surface area contributed by atoms with Crippen molar-refractivity contribution in [2.75, 3.05) is 0 Å². The van der Waals surface area contributed by atoms with Crippen LogP contribution in [0, 0.1) is 5.92 Å². The van der Waals surface area contributed by atoms with E-state index in [-0.39, 0.29) is 6.42 Å². The average molecular weight is 212 g/mol. The number of halogens is 3. The van der Waals surface area contributed by atoms with Crippen LogP contribution in [0.5, 0.6) is 0 Å². The van der Waals surface area contributed by atoms with Gasteiger partial charge in [-0.1, -0.05) is 6.92 Å². The number of rotatable bonds is 1. The molecule has 1 fully saturated rings. The first-order valence-corrected chi connectivity index (χ1v) is 4.16. The Bertz CT molecular complexity index is 251. The van der Waals surface area contributed by atoms with Crippen LogP contribution >= 0.6 is 0 Å². The molecule has 1 aliphatic heterocycles. The normalized spacial score (nSPS) is 38.6. The fraction of sp³-hybridized carbons (Fsp3) is 0.875. The summed E-state index contributed by atoms with van der Waals surface area (Å²) in [5.41, 5.74) is -2.34. The lowest BCUT2D eigenvalue weighted by molar-refractivity contribution is -0.273. The first-order chi connectivity index (χ1) is 6.18. The Morgan fingerprint density at radius 3 is 2.29 bits per heavy atom. The summed E-state index contributed by atoms with van der Waals surface area (Å²) in [7, 11) is 0. The summed E-state index contributed by atoms with van der Waals surface area (Å²) in [6, 6.07) is 0. The molecule has 1 unspecified atom stereocenters. The highest BCUT2D eigenvalue weighted by Gasteiger charge is 2.61. The molecule has 3 atom stereocenters. The molecule has 0 aromatic carbocycles. The summed E-state index contributed by atoms with van der Waals surface area (Å²) in [5, 5.41) is 8.54. The molecule has 6 heteroatoms. The van der Waals surface area contributed by atoms with Crippen molar-refractivity contribution in [1.82, 2.24) is 0 Å². The Morgan fingerprint density at radius 2 is 2.07 bits per heavy atom. The molecule has 1 aliphatic rings. The van der Waals surface area contributed by atoms with E-state index in [0.717, 1.165) is 6.92 Å². The smallest absolute Gasteiger partial charge is 0.417 e. The fourth-order valence-electron chi connectivity index (χ4n) is 1.50. The molecular formula is C8H11F3O3. The zero-order chi connectivity index (χ0) is 11.1. The van der Waals surface area contributed by atoms with Crippen LogP contribution in [0.1, 0.15) is 20.3 Å². The van der Waals surface area contributed by atoms with Crippen molar-refractivity contribution in [3.05, 3.63) is 0 Å². The number of carboxylic acid groups (broad SMARTS) is 1. The highest BCUT2D eigenvalue weighted by molar-refractivity contribution is 5.72. The van der Waals surface area contributed by atoms with Gasteiger partial charge >= 0.3 is 12.1 Å². The van der Waals surface area contributed by atoms with E-state index in [9.17, 15) is 18.0 Å². The quantitative estimate of drug-likeness (QED) is 0.721. The Hall–Kier alpha value is -0.780. The van der Waals surface area contributed by atoms with Crippen molar-refractivity contribution in [2.45, 2.75) is 38.1 Å². The molecule has 0 amide bonds. The third-order valence-electron chi connectivity index (χ3n) is 2.73. The van der Waals surface area contributed by atoms with Gasteiger partial charge in [0.1, 0.15) is 0 Å². The van der Waals surface area contributed by atoms with Gasteiger partial charge < -0.3 is 9.84 Å². The summed E-state index contributed by atoms with van der Waals surface area (Å²) in [6.07, 6.45) is -5.99. The van der Waals surface area contributed by atoms with E-state index in [1.54, 1.807) is 0 Å². The SMILES string of the molecule is C[C@H]1CC(C(=O)O)O[C@@]1(C)C(F)(F)F. The van der Waals surface area contributed by atoms with E-state index >= 15 is 0 Å².